The van der Waals surface area contributed by atoms with E-state index in [1.165, 1.54) is 6.07 Å². The molecule has 1 fully saturated rings. The Morgan fingerprint density at radius 2 is 2.05 bits per heavy atom. The standard InChI is InChI=1S/C16H18N2O3/c1-11-5-7-16(8-6-11,15(20)21)18-14(19)13-4-2-3-12(9-13)10-17/h2-4,9,11H,5-8H2,1H3,(H,18,19)(H,20,21). The van der Waals surface area contributed by atoms with Crippen LogP contribution in [0, 0.1) is 17.2 Å². The molecule has 5 nitrogen and oxygen atoms in total. The molecule has 0 radical (unpaired) electrons. The number of benzene rings is 1. The summed E-state index contributed by atoms with van der Waals surface area (Å²) >= 11 is 0. The fraction of sp³-hybridized carbons (Fsp3) is 0.438. The molecule has 0 aliphatic heterocycles. The number of aliphatic carboxylic acids is 1. The number of carbonyl (C=O) groups is 2. The minimum Gasteiger partial charge on any atom is -0.480 e. The maximum absolute atomic E-state index is 12.3. The molecule has 1 aliphatic rings. The fourth-order valence-corrected chi connectivity index (χ4v) is 2.67. The predicted octanol–water partition coefficient (Wildman–Crippen LogP) is 2.32. The average Bonchev–Trinajstić information content (AvgIpc) is 2.49. The van der Waals surface area contributed by atoms with Gasteiger partial charge in [-0.15, -0.1) is 0 Å². The molecule has 2 rings (SSSR count). The molecular weight excluding hydrogens is 268 g/mol. The lowest BCUT2D eigenvalue weighted by Gasteiger charge is -2.36. The minimum absolute atomic E-state index is 0.313. The first kappa shape index (κ1) is 15.0. The average molecular weight is 286 g/mol. The van der Waals surface area contributed by atoms with Crippen LogP contribution in [0.2, 0.25) is 0 Å². The lowest BCUT2D eigenvalue weighted by atomic mass is 9.77. The number of nitriles is 1. The highest BCUT2D eigenvalue weighted by molar-refractivity contribution is 5.98. The zero-order valence-electron chi connectivity index (χ0n) is 11.9. The summed E-state index contributed by atoms with van der Waals surface area (Å²) in [5, 5.41) is 21.0. The third-order valence-electron chi connectivity index (χ3n) is 4.14. The Kier molecular flexibility index (Phi) is 4.27. The highest BCUT2D eigenvalue weighted by atomic mass is 16.4. The zero-order chi connectivity index (χ0) is 15.5. The van der Waals surface area contributed by atoms with E-state index in [0.717, 1.165) is 12.8 Å². The summed E-state index contributed by atoms with van der Waals surface area (Å²) in [5.74, 6) is -0.945. The van der Waals surface area contributed by atoms with E-state index in [1.807, 2.05) is 6.07 Å². The zero-order valence-corrected chi connectivity index (χ0v) is 11.9. The van der Waals surface area contributed by atoms with Crippen molar-refractivity contribution in [3.8, 4) is 6.07 Å². The quantitative estimate of drug-likeness (QED) is 0.892. The Labute approximate surface area is 123 Å². The van der Waals surface area contributed by atoms with Crippen molar-refractivity contribution in [1.29, 1.82) is 5.26 Å². The molecule has 1 aromatic rings. The van der Waals surface area contributed by atoms with Crippen molar-refractivity contribution in [3.63, 3.8) is 0 Å². The summed E-state index contributed by atoms with van der Waals surface area (Å²) in [7, 11) is 0. The van der Waals surface area contributed by atoms with Gasteiger partial charge in [-0.05, 0) is 49.8 Å². The van der Waals surface area contributed by atoms with E-state index in [1.54, 1.807) is 18.2 Å². The summed E-state index contributed by atoms with van der Waals surface area (Å²) < 4.78 is 0. The Morgan fingerprint density at radius 3 is 2.62 bits per heavy atom. The van der Waals surface area contributed by atoms with E-state index in [9.17, 15) is 14.7 Å². The van der Waals surface area contributed by atoms with Crippen LogP contribution in [0.3, 0.4) is 0 Å². The number of amides is 1. The van der Waals surface area contributed by atoms with Gasteiger partial charge in [-0.2, -0.15) is 5.26 Å². The number of rotatable bonds is 3. The van der Waals surface area contributed by atoms with Gasteiger partial charge in [-0.25, -0.2) is 4.79 Å². The molecule has 1 aromatic carbocycles. The van der Waals surface area contributed by atoms with Crippen molar-refractivity contribution < 1.29 is 14.7 Å². The van der Waals surface area contributed by atoms with Gasteiger partial charge in [0, 0.05) is 5.56 Å². The Hall–Kier alpha value is -2.35. The van der Waals surface area contributed by atoms with Gasteiger partial charge in [0.25, 0.3) is 5.91 Å². The second-order valence-corrected chi connectivity index (χ2v) is 5.72. The number of carboxylic acids is 1. The van der Waals surface area contributed by atoms with Gasteiger partial charge in [0.15, 0.2) is 0 Å². The summed E-state index contributed by atoms with van der Waals surface area (Å²) in [6.45, 7) is 2.09. The Morgan fingerprint density at radius 1 is 1.38 bits per heavy atom. The number of nitrogens with zero attached hydrogens (tertiary/aromatic N) is 1. The van der Waals surface area contributed by atoms with Crippen LogP contribution in [0.25, 0.3) is 0 Å². The molecule has 110 valence electrons. The monoisotopic (exact) mass is 286 g/mol. The van der Waals surface area contributed by atoms with E-state index in [0.29, 0.717) is 29.9 Å². The molecule has 21 heavy (non-hydrogen) atoms. The molecule has 5 heteroatoms. The summed E-state index contributed by atoms with van der Waals surface area (Å²) in [6, 6.07) is 8.23. The molecule has 0 spiro atoms. The Balaban J connectivity index is 2.19. The van der Waals surface area contributed by atoms with Crippen LogP contribution in [-0.4, -0.2) is 22.5 Å². The van der Waals surface area contributed by atoms with Crippen LogP contribution in [0.15, 0.2) is 24.3 Å². The summed E-state index contributed by atoms with van der Waals surface area (Å²) in [6.07, 6.45) is 2.44. The van der Waals surface area contributed by atoms with Crippen molar-refractivity contribution in [2.75, 3.05) is 0 Å². The van der Waals surface area contributed by atoms with E-state index >= 15 is 0 Å². The van der Waals surface area contributed by atoms with E-state index in [-0.39, 0.29) is 0 Å². The number of carboxylic acid groups (broad SMARTS) is 1. The summed E-state index contributed by atoms with van der Waals surface area (Å²) in [4.78, 5) is 23.9. The summed E-state index contributed by atoms with van der Waals surface area (Å²) in [5.41, 5.74) is -0.496. The van der Waals surface area contributed by atoms with Crippen molar-refractivity contribution in [2.24, 2.45) is 5.92 Å². The molecule has 2 N–H and O–H groups in total. The molecule has 1 amide bonds. The highest BCUT2D eigenvalue weighted by Crippen LogP contribution is 2.32. The minimum atomic E-state index is -1.19. The fourth-order valence-electron chi connectivity index (χ4n) is 2.67. The smallest absolute Gasteiger partial charge is 0.329 e. The lowest BCUT2D eigenvalue weighted by Crippen LogP contribution is -2.56. The van der Waals surface area contributed by atoms with Crippen molar-refractivity contribution in [1.82, 2.24) is 5.32 Å². The predicted molar refractivity (Wildman–Crippen MR) is 76.6 cm³/mol. The molecule has 0 atom stereocenters. The first-order valence-corrected chi connectivity index (χ1v) is 7.03. The number of nitrogens with one attached hydrogen (secondary N) is 1. The van der Waals surface area contributed by atoms with E-state index < -0.39 is 17.4 Å². The van der Waals surface area contributed by atoms with Gasteiger partial charge in [-0.3, -0.25) is 4.79 Å². The topological polar surface area (TPSA) is 90.2 Å². The first-order chi connectivity index (χ1) is 9.97. The van der Waals surface area contributed by atoms with E-state index in [4.69, 9.17) is 5.26 Å². The van der Waals surface area contributed by atoms with E-state index in [2.05, 4.69) is 12.2 Å². The molecule has 1 saturated carbocycles. The van der Waals surface area contributed by atoms with Gasteiger partial charge in [0.1, 0.15) is 5.54 Å². The van der Waals surface area contributed by atoms with Crippen molar-refractivity contribution in [2.45, 2.75) is 38.1 Å². The first-order valence-electron chi connectivity index (χ1n) is 7.03. The molecule has 0 aromatic heterocycles. The van der Waals surface area contributed by atoms with Crippen LogP contribution in [0.5, 0.6) is 0 Å². The SMILES string of the molecule is CC1CCC(NC(=O)c2cccc(C#N)c2)(C(=O)O)CC1. The van der Waals surface area contributed by atoms with Crippen LogP contribution in [0.1, 0.15) is 48.5 Å². The van der Waals surface area contributed by atoms with Gasteiger partial charge in [-0.1, -0.05) is 13.0 Å². The van der Waals surface area contributed by atoms with Crippen LogP contribution >= 0.6 is 0 Å². The number of carbonyl (C=O) groups excluding carboxylic acids is 1. The second-order valence-electron chi connectivity index (χ2n) is 5.72. The van der Waals surface area contributed by atoms with Crippen LogP contribution in [0.4, 0.5) is 0 Å². The normalized spacial score (nSPS) is 24.9. The molecule has 0 unspecified atom stereocenters. The lowest BCUT2D eigenvalue weighted by molar-refractivity contribution is -0.146. The third-order valence-corrected chi connectivity index (χ3v) is 4.14. The van der Waals surface area contributed by atoms with Gasteiger partial charge in [0.05, 0.1) is 11.6 Å². The third kappa shape index (κ3) is 3.22. The molecule has 1 aliphatic carbocycles. The molecule has 0 heterocycles. The van der Waals surface area contributed by atoms with Gasteiger partial charge in [0.2, 0.25) is 0 Å². The largest absolute Gasteiger partial charge is 0.480 e. The maximum atomic E-state index is 12.3. The van der Waals surface area contributed by atoms with Crippen molar-refractivity contribution >= 4 is 11.9 Å². The van der Waals surface area contributed by atoms with Crippen molar-refractivity contribution in [3.05, 3.63) is 35.4 Å². The molecular formula is C16H18N2O3. The van der Waals surface area contributed by atoms with Gasteiger partial charge < -0.3 is 10.4 Å². The highest BCUT2D eigenvalue weighted by Gasteiger charge is 2.42. The maximum Gasteiger partial charge on any atom is 0.329 e. The molecule has 0 saturated heterocycles. The van der Waals surface area contributed by atoms with Gasteiger partial charge >= 0.3 is 5.97 Å². The second kappa shape index (κ2) is 5.96. The molecule has 0 bridgehead atoms. The number of hydrogen-bond acceptors (Lipinski definition) is 3. The van der Waals surface area contributed by atoms with Crippen LogP contribution < -0.4 is 5.32 Å². The Bertz CT molecular complexity index is 596. The van der Waals surface area contributed by atoms with Crippen LogP contribution in [-0.2, 0) is 4.79 Å². The number of hydrogen-bond donors (Lipinski definition) is 2.